The third kappa shape index (κ3) is 3.48. The first-order valence-corrected chi connectivity index (χ1v) is 6.59. The number of rotatable bonds is 3. The molecule has 1 rings (SSSR count). The molecule has 0 bridgehead atoms. The van der Waals surface area contributed by atoms with Crippen LogP contribution in [0.2, 0.25) is 0 Å². The van der Waals surface area contributed by atoms with Crippen molar-refractivity contribution in [3.05, 3.63) is 32.7 Å². The Morgan fingerprint density at radius 2 is 2.07 bits per heavy atom. The van der Waals surface area contributed by atoms with Gasteiger partial charge in [-0.15, -0.1) is 0 Å². The molecule has 0 aliphatic rings. The van der Waals surface area contributed by atoms with Crippen LogP contribution in [0.1, 0.15) is 12.5 Å². The minimum Gasteiger partial charge on any atom is -0.299 e. The molecule has 0 aliphatic heterocycles. The summed E-state index contributed by atoms with van der Waals surface area (Å²) in [6.07, 6.45) is 0.712. The highest BCUT2D eigenvalue weighted by Crippen LogP contribution is 2.24. The molecule has 76 valence electrons. The summed E-state index contributed by atoms with van der Waals surface area (Å²) in [4.78, 5) is 11.0. The van der Waals surface area contributed by atoms with Crippen molar-refractivity contribution in [3.8, 4) is 0 Å². The summed E-state index contributed by atoms with van der Waals surface area (Å²) in [5, 5.41) is 0. The van der Waals surface area contributed by atoms with Gasteiger partial charge in [-0.3, -0.25) is 4.79 Å². The van der Waals surface area contributed by atoms with Gasteiger partial charge >= 0.3 is 0 Å². The fourth-order valence-electron chi connectivity index (χ4n) is 1.02. The second kappa shape index (κ2) is 5.42. The van der Waals surface area contributed by atoms with Gasteiger partial charge in [0.2, 0.25) is 0 Å². The molecular weight excluding hydrogens is 376 g/mol. The number of benzene rings is 1. The van der Waals surface area contributed by atoms with Gasteiger partial charge in [0.1, 0.15) is 5.78 Å². The van der Waals surface area contributed by atoms with Crippen LogP contribution in [0, 0.1) is 0 Å². The average molecular weight is 385 g/mol. The fraction of sp³-hybridized carbons (Fsp3) is 0.300. The second-order valence-electron chi connectivity index (χ2n) is 3.02. The Balaban J connectivity index is 2.82. The van der Waals surface area contributed by atoms with Gasteiger partial charge in [-0.1, -0.05) is 53.9 Å². The topological polar surface area (TPSA) is 17.1 Å². The molecule has 0 saturated carbocycles. The van der Waals surface area contributed by atoms with Crippen LogP contribution >= 0.6 is 47.8 Å². The van der Waals surface area contributed by atoms with Crippen molar-refractivity contribution in [1.29, 1.82) is 0 Å². The monoisotopic (exact) mass is 382 g/mol. The number of hydrogen-bond donors (Lipinski definition) is 0. The molecular formula is C10H9Br3O. The van der Waals surface area contributed by atoms with Crippen molar-refractivity contribution in [2.75, 3.05) is 0 Å². The normalized spacial score (nSPS) is 12.6. The molecule has 0 N–H and O–H groups in total. The summed E-state index contributed by atoms with van der Waals surface area (Å²) in [7, 11) is 0. The van der Waals surface area contributed by atoms with E-state index in [2.05, 4.69) is 47.8 Å². The summed E-state index contributed by atoms with van der Waals surface area (Å²) in [5.41, 5.74) is 1.13. The Morgan fingerprint density at radius 3 is 2.57 bits per heavy atom. The van der Waals surface area contributed by atoms with Crippen LogP contribution in [0.4, 0.5) is 0 Å². The average Bonchev–Trinajstić information content (AvgIpc) is 2.09. The molecule has 0 saturated heterocycles. The molecule has 1 aromatic rings. The molecule has 1 nitrogen and oxygen atoms in total. The van der Waals surface area contributed by atoms with Crippen molar-refractivity contribution in [2.24, 2.45) is 0 Å². The Bertz CT molecular complexity index is 349. The lowest BCUT2D eigenvalue weighted by Crippen LogP contribution is -2.12. The fourth-order valence-corrected chi connectivity index (χ4v) is 2.58. The van der Waals surface area contributed by atoms with Gasteiger partial charge in [0.05, 0.1) is 4.83 Å². The number of carbonyl (C=O) groups excluding carboxylic acids is 1. The van der Waals surface area contributed by atoms with Gasteiger partial charge in [-0.2, -0.15) is 0 Å². The Kier molecular flexibility index (Phi) is 4.80. The molecule has 0 spiro atoms. The maximum absolute atomic E-state index is 11.1. The van der Waals surface area contributed by atoms with Gasteiger partial charge in [0, 0.05) is 8.95 Å². The van der Waals surface area contributed by atoms with Crippen molar-refractivity contribution < 1.29 is 4.79 Å². The maximum atomic E-state index is 11.1. The van der Waals surface area contributed by atoms with E-state index >= 15 is 0 Å². The minimum absolute atomic E-state index is 0.0972. The summed E-state index contributed by atoms with van der Waals surface area (Å²) in [5.74, 6) is 0.153. The lowest BCUT2D eigenvalue weighted by atomic mass is 10.1. The highest BCUT2D eigenvalue weighted by molar-refractivity contribution is 9.11. The van der Waals surface area contributed by atoms with E-state index in [0.717, 1.165) is 14.5 Å². The number of halogens is 3. The van der Waals surface area contributed by atoms with Crippen LogP contribution in [0.5, 0.6) is 0 Å². The van der Waals surface area contributed by atoms with Crippen LogP contribution < -0.4 is 0 Å². The molecule has 0 aromatic heterocycles. The van der Waals surface area contributed by atoms with Gasteiger partial charge in [0.15, 0.2) is 0 Å². The Morgan fingerprint density at radius 1 is 1.43 bits per heavy atom. The van der Waals surface area contributed by atoms with Crippen LogP contribution in [0.15, 0.2) is 27.1 Å². The molecule has 1 aromatic carbocycles. The van der Waals surface area contributed by atoms with E-state index in [-0.39, 0.29) is 10.6 Å². The number of hydrogen-bond acceptors (Lipinski definition) is 1. The molecule has 0 aliphatic carbocycles. The molecule has 4 heteroatoms. The van der Waals surface area contributed by atoms with Crippen LogP contribution in [-0.4, -0.2) is 10.6 Å². The first-order valence-electron chi connectivity index (χ1n) is 4.09. The zero-order chi connectivity index (χ0) is 10.7. The Hall–Kier alpha value is 0.330. The van der Waals surface area contributed by atoms with Crippen molar-refractivity contribution >= 4 is 53.6 Å². The van der Waals surface area contributed by atoms with E-state index in [0.29, 0.717) is 6.42 Å². The number of carbonyl (C=O) groups is 1. The summed E-state index contributed by atoms with van der Waals surface area (Å²) in [6.45, 7) is 1.59. The zero-order valence-corrected chi connectivity index (χ0v) is 12.3. The second-order valence-corrected chi connectivity index (χ2v) is 5.89. The van der Waals surface area contributed by atoms with E-state index in [4.69, 9.17) is 0 Å². The van der Waals surface area contributed by atoms with E-state index in [9.17, 15) is 4.79 Å². The van der Waals surface area contributed by atoms with Crippen LogP contribution in [-0.2, 0) is 11.2 Å². The minimum atomic E-state index is -0.0972. The first kappa shape index (κ1) is 12.4. The van der Waals surface area contributed by atoms with Crippen LogP contribution in [0.3, 0.4) is 0 Å². The van der Waals surface area contributed by atoms with Gasteiger partial charge in [0.25, 0.3) is 0 Å². The largest absolute Gasteiger partial charge is 0.299 e. The highest BCUT2D eigenvalue weighted by atomic mass is 79.9. The van der Waals surface area contributed by atoms with Crippen LogP contribution in [0.25, 0.3) is 0 Å². The predicted molar refractivity (Wildman–Crippen MR) is 68.9 cm³/mol. The van der Waals surface area contributed by atoms with E-state index < -0.39 is 0 Å². The number of alkyl halides is 1. The van der Waals surface area contributed by atoms with Crippen molar-refractivity contribution in [2.45, 2.75) is 18.2 Å². The molecule has 0 radical (unpaired) electrons. The lowest BCUT2D eigenvalue weighted by molar-refractivity contribution is -0.116. The summed E-state index contributed by atoms with van der Waals surface area (Å²) < 4.78 is 2.06. The lowest BCUT2D eigenvalue weighted by Gasteiger charge is -2.08. The van der Waals surface area contributed by atoms with Gasteiger partial charge in [-0.05, 0) is 31.0 Å². The third-order valence-corrected chi connectivity index (χ3v) is 4.06. The Labute approximate surface area is 109 Å². The molecule has 0 amide bonds. The molecule has 14 heavy (non-hydrogen) atoms. The first-order chi connectivity index (χ1) is 6.50. The molecule has 1 unspecified atom stereocenters. The van der Waals surface area contributed by atoms with E-state index in [1.54, 1.807) is 6.92 Å². The number of Topliss-reactive ketones (excluding diaryl/α,β-unsaturated/α-hetero) is 1. The van der Waals surface area contributed by atoms with E-state index in [1.807, 2.05) is 18.2 Å². The quantitative estimate of drug-likeness (QED) is 0.717. The van der Waals surface area contributed by atoms with Gasteiger partial charge in [-0.25, -0.2) is 0 Å². The van der Waals surface area contributed by atoms with Crippen molar-refractivity contribution in [1.82, 2.24) is 0 Å². The SMILES string of the molecule is CC(=O)C(Br)Cc1ccc(Br)cc1Br. The van der Waals surface area contributed by atoms with Gasteiger partial charge < -0.3 is 0 Å². The summed E-state index contributed by atoms with van der Waals surface area (Å²) >= 11 is 10.2. The van der Waals surface area contributed by atoms with Crippen molar-refractivity contribution in [3.63, 3.8) is 0 Å². The molecule has 0 heterocycles. The number of ketones is 1. The standard InChI is InChI=1S/C10H9Br3O/c1-6(14)9(12)4-7-2-3-8(11)5-10(7)13/h2-3,5,9H,4H2,1H3. The summed E-state index contributed by atoms with van der Waals surface area (Å²) in [6, 6.07) is 5.96. The zero-order valence-electron chi connectivity index (χ0n) is 7.56. The molecule has 0 fully saturated rings. The highest BCUT2D eigenvalue weighted by Gasteiger charge is 2.12. The molecule has 1 atom stereocenters. The maximum Gasteiger partial charge on any atom is 0.143 e. The smallest absolute Gasteiger partial charge is 0.143 e. The predicted octanol–water partition coefficient (Wildman–Crippen LogP) is 4.11. The van der Waals surface area contributed by atoms with E-state index in [1.165, 1.54) is 0 Å². The third-order valence-electron chi connectivity index (χ3n) is 1.86.